The number of nitrogens with one attached hydrogen (secondary N) is 1. The summed E-state index contributed by atoms with van der Waals surface area (Å²) < 4.78 is 0. The van der Waals surface area contributed by atoms with Crippen LogP contribution >= 0.6 is 23.4 Å². The third-order valence-electron chi connectivity index (χ3n) is 2.16. The fourth-order valence-electron chi connectivity index (χ4n) is 1.35. The van der Waals surface area contributed by atoms with Gasteiger partial charge in [-0.1, -0.05) is 17.7 Å². The van der Waals surface area contributed by atoms with E-state index < -0.39 is 0 Å². The van der Waals surface area contributed by atoms with E-state index in [4.69, 9.17) is 17.3 Å². The second-order valence-corrected chi connectivity index (χ2v) is 6.92. The monoisotopic (exact) mass is 286 g/mol. The maximum atomic E-state index is 12.0. The summed E-state index contributed by atoms with van der Waals surface area (Å²) in [6, 6.07) is 5.35. The minimum atomic E-state index is -0.244. The first-order chi connectivity index (χ1) is 8.20. The Hall–Kier alpha value is -0.870. The van der Waals surface area contributed by atoms with Crippen LogP contribution in [0.1, 0.15) is 27.7 Å². The van der Waals surface area contributed by atoms with Crippen LogP contribution in [0.5, 0.6) is 0 Å². The highest BCUT2D eigenvalue weighted by Gasteiger charge is 2.21. The molecule has 100 valence electrons. The molecule has 0 aliphatic carbocycles. The molecule has 3 N–H and O–H groups in total. The number of carbonyl (C=O) groups excluding carboxylic acids is 1. The number of halogens is 1. The lowest BCUT2D eigenvalue weighted by Crippen LogP contribution is -2.44. The maximum Gasteiger partial charge on any atom is 0.233 e. The molecule has 5 heteroatoms. The summed E-state index contributed by atoms with van der Waals surface area (Å²) in [5.74, 6) is -0.0215. The lowest BCUT2D eigenvalue weighted by atomic mass is 10.1. The van der Waals surface area contributed by atoms with Crippen LogP contribution < -0.4 is 11.1 Å². The third kappa shape index (κ3) is 4.42. The number of hydrogen-bond donors (Lipinski definition) is 2. The molecule has 18 heavy (non-hydrogen) atoms. The molecule has 0 spiro atoms. The van der Waals surface area contributed by atoms with E-state index in [1.165, 1.54) is 11.8 Å². The smallest absolute Gasteiger partial charge is 0.233 e. The number of hydrogen-bond acceptors (Lipinski definition) is 3. The molecule has 1 aromatic carbocycles. The second kappa shape index (κ2) is 5.85. The average Bonchev–Trinajstić information content (AvgIpc) is 2.21. The highest BCUT2D eigenvalue weighted by atomic mass is 35.5. The topological polar surface area (TPSA) is 55.1 Å². The summed E-state index contributed by atoms with van der Waals surface area (Å²) in [7, 11) is 0. The highest BCUT2D eigenvalue weighted by molar-refractivity contribution is 8.00. The minimum Gasteiger partial charge on any atom is -0.398 e. The van der Waals surface area contributed by atoms with Crippen LogP contribution in [-0.4, -0.2) is 16.7 Å². The molecule has 1 atom stereocenters. The summed E-state index contributed by atoms with van der Waals surface area (Å²) in [4.78, 5) is 12.7. The molecule has 0 aromatic heterocycles. The first-order valence-electron chi connectivity index (χ1n) is 5.73. The van der Waals surface area contributed by atoms with Crippen LogP contribution in [0, 0.1) is 0 Å². The van der Waals surface area contributed by atoms with E-state index in [0.29, 0.717) is 10.7 Å². The van der Waals surface area contributed by atoms with E-state index in [0.717, 1.165) is 4.90 Å². The first kappa shape index (κ1) is 15.2. The van der Waals surface area contributed by atoms with Crippen molar-refractivity contribution in [3.63, 3.8) is 0 Å². The molecule has 1 amide bonds. The Balaban J connectivity index is 2.76. The molecule has 1 rings (SSSR count). The lowest BCUT2D eigenvalue weighted by molar-refractivity contribution is -0.121. The van der Waals surface area contributed by atoms with Crippen LogP contribution in [0.25, 0.3) is 0 Å². The molecular formula is C13H19ClN2OS. The Kier molecular flexibility index (Phi) is 4.93. The van der Waals surface area contributed by atoms with E-state index in [9.17, 15) is 4.79 Å². The van der Waals surface area contributed by atoms with Crippen molar-refractivity contribution >= 4 is 35.0 Å². The number of amides is 1. The second-order valence-electron chi connectivity index (χ2n) is 5.16. The van der Waals surface area contributed by atoms with Gasteiger partial charge in [0.2, 0.25) is 5.91 Å². The van der Waals surface area contributed by atoms with Gasteiger partial charge in [0.1, 0.15) is 0 Å². The highest BCUT2D eigenvalue weighted by Crippen LogP contribution is 2.35. The van der Waals surface area contributed by atoms with Gasteiger partial charge < -0.3 is 11.1 Å². The number of benzene rings is 1. The zero-order valence-corrected chi connectivity index (χ0v) is 12.7. The standard InChI is InChI=1S/C13H19ClN2OS/c1-8(12(17)16-13(2,3)4)18-11-9(14)6-5-7-10(11)15/h5-8H,15H2,1-4H3,(H,16,17). The fraction of sp³-hybridized carbons (Fsp3) is 0.462. The van der Waals surface area contributed by atoms with Crippen LogP contribution in [-0.2, 0) is 4.79 Å². The molecule has 0 heterocycles. The largest absolute Gasteiger partial charge is 0.398 e. The fourth-order valence-corrected chi connectivity index (χ4v) is 2.57. The molecule has 0 saturated carbocycles. The van der Waals surface area contributed by atoms with E-state index >= 15 is 0 Å². The number of nitrogen functional groups attached to an aromatic ring is 1. The van der Waals surface area contributed by atoms with E-state index in [1.807, 2.05) is 27.7 Å². The van der Waals surface area contributed by atoms with Gasteiger partial charge in [0.25, 0.3) is 0 Å². The number of carbonyl (C=O) groups is 1. The van der Waals surface area contributed by atoms with Gasteiger partial charge in [-0.25, -0.2) is 0 Å². The summed E-state index contributed by atoms with van der Waals surface area (Å²) in [5, 5.41) is 3.27. The molecule has 0 fully saturated rings. The van der Waals surface area contributed by atoms with Crippen molar-refractivity contribution in [3.05, 3.63) is 23.2 Å². The molecule has 0 aliphatic heterocycles. The van der Waals surface area contributed by atoms with Gasteiger partial charge >= 0.3 is 0 Å². The molecular weight excluding hydrogens is 268 g/mol. The van der Waals surface area contributed by atoms with E-state index in [1.54, 1.807) is 18.2 Å². The van der Waals surface area contributed by atoms with E-state index in [-0.39, 0.29) is 16.7 Å². The molecule has 0 saturated heterocycles. The molecule has 0 radical (unpaired) electrons. The van der Waals surface area contributed by atoms with Gasteiger partial charge in [0, 0.05) is 16.1 Å². The van der Waals surface area contributed by atoms with Crippen molar-refractivity contribution in [3.8, 4) is 0 Å². The Morgan fingerprint density at radius 2 is 2.06 bits per heavy atom. The Morgan fingerprint density at radius 3 is 2.56 bits per heavy atom. The van der Waals surface area contributed by atoms with Crippen molar-refractivity contribution in [2.24, 2.45) is 0 Å². The average molecular weight is 287 g/mol. The Morgan fingerprint density at radius 1 is 1.44 bits per heavy atom. The first-order valence-corrected chi connectivity index (χ1v) is 6.99. The number of nitrogens with two attached hydrogens (primary N) is 1. The van der Waals surface area contributed by atoms with Crippen LogP contribution in [0.3, 0.4) is 0 Å². The number of anilines is 1. The Labute approximate surface area is 117 Å². The van der Waals surface area contributed by atoms with Crippen LogP contribution in [0.4, 0.5) is 5.69 Å². The van der Waals surface area contributed by atoms with Gasteiger partial charge in [-0.15, -0.1) is 11.8 Å². The normalized spacial score (nSPS) is 13.2. The van der Waals surface area contributed by atoms with Crippen molar-refractivity contribution in [2.75, 3.05) is 5.73 Å². The summed E-state index contributed by atoms with van der Waals surface area (Å²) in [5.41, 5.74) is 6.22. The maximum absolute atomic E-state index is 12.0. The minimum absolute atomic E-state index is 0.0215. The van der Waals surface area contributed by atoms with Gasteiger partial charge in [0.05, 0.1) is 10.3 Å². The Bertz CT molecular complexity index is 423. The zero-order chi connectivity index (χ0) is 13.9. The molecule has 0 aliphatic rings. The number of thioether (sulfide) groups is 1. The summed E-state index contributed by atoms with van der Waals surface area (Å²) in [6.07, 6.45) is 0. The van der Waals surface area contributed by atoms with Gasteiger partial charge in [-0.3, -0.25) is 4.79 Å². The van der Waals surface area contributed by atoms with Crippen molar-refractivity contribution in [2.45, 2.75) is 43.4 Å². The zero-order valence-electron chi connectivity index (χ0n) is 11.1. The SMILES string of the molecule is CC(Sc1c(N)cccc1Cl)C(=O)NC(C)(C)C. The van der Waals surface area contributed by atoms with Crippen LogP contribution in [0.15, 0.2) is 23.1 Å². The van der Waals surface area contributed by atoms with Gasteiger partial charge in [-0.05, 0) is 39.8 Å². The van der Waals surface area contributed by atoms with Crippen molar-refractivity contribution in [1.29, 1.82) is 0 Å². The third-order valence-corrected chi connectivity index (χ3v) is 3.85. The molecule has 3 nitrogen and oxygen atoms in total. The molecule has 0 bridgehead atoms. The molecule has 1 unspecified atom stereocenters. The summed E-state index contributed by atoms with van der Waals surface area (Å²) in [6.45, 7) is 7.69. The lowest BCUT2D eigenvalue weighted by Gasteiger charge is -2.23. The predicted octanol–water partition coefficient (Wildman–Crippen LogP) is 3.32. The summed E-state index contributed by atoms with van der Waals surface area (Å²) >= 11 is 7.46. The predicted molar refractivity (Wildman–Crippen MR) is 79.1 cm³/mol. The number of rotatable bonds is 3. The van der Waals surface area contributed by atoms with Crippen molar-refractivity contribution < 1.29 is 4.79 Å². The quantitative estimate of drug-likeness (QED) is 0.662. The van der Waals surface area contributed by atoms with Crippen LogP contribution in [0.2, 0.25) is 5.02 Å². The van der Waals surface area contributed by atoms with E-state index in [2.05, 4.69) is 5.32 Å². The van der Waals surface area contributed by atoms with Gasteiger partial charge in [-0.2, -0.15) is 0 Å². The van der Waals surface area contributed by atoms with Crippen molar-refractivity contribution in [1.82, 2.24) is 5.32 Å². The van der Waals surface area contributed by atoms with Gasteiger partial charge in [0.15, 0.2) is 0 Å². The molecule has 1 aromatic rings.